The number of carbonyl (C=O) groups excluding carboxylic acids is 1. The van der Waals surface area contributed by atoms with E-state index in [1.165, 1.54) is 0 Å². The Morgan fingerprint density at radius 3 is 2.83 bits per heavy atom. The van der Waals surface area contributed by atoms with Crippen molar-refractivity contribution in [3.05, 3.63) is 66.1 Å². The SMILES string of the molecule is O=C1c2ccc(-c3cc[nH]n3)cc2CN1c1cccc(-c2nncn2C2CC2)n1. The molecule has 1 aliphatic carbocycles. The molecule has 29 heavy (non-hydrogen) atoms. The van der Waals surface area contributed by atoms with Crippen molar-refractivity contribution in [2.75, 3.05) is 4.90 Å². The van der Waals surface area contributed by atoms with Crippen LogP contribution in [0.5, 0.6) is 0 Å². The quantitative estimate of drug-likeness (QED) is 0.584. The van der Waals surface area contributed by atoms with Gasteiger partial charge in [0, 0.05) is 23.4 Å². The number of nitrogens with zero attached hydrogens (tertiary/aromatic N) is 6. The number of hydrogen-bond donors (Lipinski definition) is 1. The molecule has 0 radical (unpaired) electrons. The van der Waals surface area contributed by atoms with Crippen molar-refractivity contribution in [1.29, 1.82) is 0 Å². The summed E-state index contributed by atoms with van der Waals surface area (Å²) in [5, 5.41) is 15.4. The minimum absolute atomic E-state index is 0.0399. The standard InChI is InChI=1S/C21H17N7O/c29-21-16-7-4-13(17-8-9-22-25-17)10-14(16)11-27(21)19-3-1-2-18(24-19)20-26-23-12-28(20)15-5-6-15/h1-4,7-10,12,15H,5-6,11H2,(H,22,25). The Labute approximate surface area is 166 Å². The van der Waals surface area contributed by atoms with Gasteiger partial charge in [0.2, 0.25) is 0 Å². The van der Waals surface area contributed by atoms with E-state index in [9.17, 15) is 4.79 Å². The third-order valence-electron chi connectivity index (χ3n) is 5.46. The number of carbonyl (C=O) groups is 1. The number of aromatic nitrogens is 6. The molecule has 1 saturated carbocycles. The normalized spacial score (nSPS) is 15.7. The van der Waals surface area contributed by atoms with E-state index in [0.717, 1.165) is 41.2 Å². The van der Waals surface area contributed by atoms with Gasteiger partial charge in [-0.15, -0.1) is 10.2 Å². The predicted molar refractivity (Wildman–Crippen MR) is 106 cm³/mol. The van der Waals surface area contributed by atoms with Gasteiger partial charge in [-0.25, -0.2) is 4.98 Å². The van der Waals surface area contributed by atoms with Crippen molar-refractivity contribution in [2.24, 2.45) is 0 Å². The summed E-state index contributed by atoms with van der Waals surface area (Å²) in [5.41, 5.74) is 4.26. The number of aromatic amines is 1. The topological polar surface area (TPSA) is 92.6 Å². The first-order valence-corrected chi connectivity index (χ1v) is 9.60. The maximum Gasteiger partial charge on any atom is 0.260 e. The van der Waals surface area contributed by atoms with E-state index in [1.54, 1.807) is 17.4 Å². The molecular formula is C21H17N7O. The predicted octanol–water partition coefficient (Wildman–Crippen LogP) is 3.23. The molecule has 0 spiro atoms. The number of H-pyrrole nitrogens is 1. The van der Waals surface area contributed by atoms with Crippen LogP contribution >= 0.6 is 0 Å². The number of nitrogens with one attached hydrogen (secondary N) is 1. The molecule has 1 amide bonds. The Balaban J connectivity index is 1.34. The average Bonchev–Trinajstić information content (AvgIpc) is 3.16. The number of benzene rings is 1. The Morgan fingerprint density at radius 2 is 2.00 bits per heavy atom. The van der Waals surface area contributed by atoms with E-state index in [1.807, 2.05) is 42.5 Å². The van der Waals surface area contributed by atoms with Crippen molar-refractivity contribution in [3.8, 4) is 22.8 Å². The van der Waals surface area contributed by atoms with Gasteiger partial charge in [0.25, 0.3) is 5.91 Å². The molecule has 4 heterocycles. The molecule has 1 fully saturated rings. The smallest absolute Gasteiger partial charge is 0.260 e. The van der Waals surface area contributed by atoms with Gasteiger partial charge in [0.05, 0.1) is 12.2 Å². The van der Waals surface area contributed by atoms with Crippen LogP contribution in [-0.4, -0.2) is 35.9 Å². The number of hydrogen-bond acceptors (Lipinski definition) is 5. The summed E-state index contributed by atoms with van der Waals surface area (Å²) in [7, 11) is 0. The van der Waals surface area contributed by atoms with E-state index in [4.69, 9.17) is 4.98 Å². The van der Waals surface area contributed by atoms with Crippen molar-refractivity contribution < 1.29 is 4.79 Å². The summed E-state index contributed by atoms with van der Waals surface area (Å²) >= 11 is 0. The minimum atomic E-state index is -0.0399. The number of fused-ring (bicyclic) bond motifs is 1. The molecule has 4 aromatic rings. The van der Waals surface area contributed by atoms with Crippen molar-refractivity contribution in [3.63, 3.8) is 0 Å². The summed E-state index contributed by atoms with van der Waals surface area (Å²) < 4.78 is 2.07. The first-order chi connectivity index (χ1) is 14.3. The zero-order chi connectivity index (χ0) is 19.4. The number of rotatable bonds is 4. The lowest BCUT2D eigenvalue weighted by Gasteiger charge is -2.15. The highest BCUT2D eigenvalue weighted by Gasteiger charge is 2.31. The molecule has 6 rings (SSSR count). The molecule has 0 unspecified atom stereocenters. The molecule has 1 aromatic carbocycles. The fourth-order valence-electron chi connectivity index (χ4n) is 3.83. The van der Waals surface area contributed by atoms with E-state index in [2.05, 4.69) is 25.0 Å². The fraction of sp³-hybridized carbons (Fsp3) is 0.190. The lowest BCUT2D eigenvalue weighted by molar-refractivity contribution is 0.0996. The summed E-state index contributed by atoms with van der Waals surface area (Å²) in [6.45, 7) is 0.484. The number of amides is 1. The molecule has 1 N–H and O–H groups in total. The third-order valence-corrected chi connectivity index (χ3v) is 5.46. The Bertz CT molecular complexity index is 1220. The highest BCUT2D eigenvalue weighted by molar-refractivity contribution is 6.09. The fourth-order valence-corrected chi connectivity index (χ4v) is 3.83. The molecule has 8 nitrogen and oxygen atoms in total. The summed E-state index contributed by atoms with van der Waals surface area (Å²) in [4.78, 5) is 19.5. The Kier molecular flexibility index (Phi) is 3.40. The van der Waals surface area contributed by atoms with Crippen LogP contribution in [-0.2, 0) is 6.54 Å². The molecule has 1 aliphatic heterocycles. The van der Waals surface area contributed by atoms with Crippen LogP contribution in [0.1, 0.15) is 34.8 Å². The summed E-state index contributed by atoms with van der Waals surface area (Å²) in [5.74, 6) is 1.33. The van der Waals surface area contributed by atoms with Gasteiger partial charge in [-0.3, -0.25) is 14.8 Å². The zero-order valence-electron chi connectivity index (χ0n) is 15.5. The second kappa shape index (κ2) is 6.10. The number of anilines is 1. The van der Waals surface area contributed by atoms with Gasteiger partial charge in [0.1, 0.15) is 17.8 Å². The zero-order valence-corrected chi connectivity index (χ0v) is 15.5. The maximum absolute atomic E-state index is 13.0. The first-order valence-electron chi connectivity index (χ1n) is 9.60. The van der Waals surface area contributed by atoms with E-state index in [-0.39, 0.29) is 5.91 Å². The lowest BCUT2D eigenvalue weighted by Crippen LogP contribution is -2.24. The van der Waals surface area contributed by atoms with E-state index >= 15 is 0 Å². The molecular weight excluding hydrogens is 366 g/mol. The van der Waals surface area contributed by atoms with Crippen LogP contribution in [0.3, 0.4) is 0 Å². The molecule has 0 atom stereocenters. The monoisotopic (exact) mass is 383 g/mol. The minimum Gasteiger partial charge on any atom is -0.309 e. The van der Waals surface area contributed by atoms with Gasteiger partial charge in [-0.1, -0.05) is 12.1 Å². The maximum atomic E-state index is 13.0. The van der Waals surface area contributed by atoms with Crippen molar-refractivity contribution in [2.45, 2.75) is 25.4 Å². The molecule has 2 aliphatic rings. The van der Waals surface area contributed by atoms with Crippen LogP contribution in [0.25, 0.3) is 22.8 Å². The average molecular weight is 383 g/mol. The van der Waals surface area contributed by atoms with Gasteiger partial charge < -0.3 is 4.57 Å². The second-order valence-corrected chi connectivity index (χ2v) is 7.40. The molecule has 8 heteroatoms. The van der Waals surface area contributed by atoms with Crippen LogP contribution < -0.4 is 4.90 Å². The third kappa shape index (κ3) is 2.64. The molecule has 142 valence electrons. The Morgan fingerprint density at radius 1 is 1.07 bits per heavy atom. The molecule has 3 aromatic heterocycles. The highest BCUT2D eigenvalue weighted by atomic mass is 16.2. The van der Waals surface area contributed by atoms with Gasteiger partial charge in [-0.05, 0) is 48.7 Å². The second-order valence-electron chi connectivity index (χ2n) is 7.40. The van der Waals surface area contributed by atoms with Gasteiger partial charge in [0.15, 0.2) is 5.82 Å². The summed E-state index contributed by atoms with van der Waals surface area (Å²) in [6.07, 6.45) is 5.83. The Hall–Kier alpha value is -3.81. The molecule has 0 bridgehead atoms. The van der Waals surface area contributed by atoms with Crippen LogP contribution in [0.4, 0.5) is 5.82 Å². The molecule has 0 saturated heterocycles. The first kappa shape index (κ1) is 16.2. The lowest BCUT2D eigenvalue weighted by atomic mass is 10.0. The largest absolute Gasteiger partial charge is 0.309 e. The van der Waals surface area contributed by atoms with E-state index < -0.39 is 0 Å². The van der Waals surface area contributed by atoms with E-state index in [0.29, 0.717) is 24.0 Å². The summed E-state index contributed by atoms with van der Waals surface area (Å²) in [6, 6.07) is 13.9. The van der Waals surface area contributed by atoms with Crippen LogP contribution in [0.2, 0.25) is 0 Å². The van der Waals surface area contributed by atoms with Gasteiger partial charge in [-0.2, -0.15) is 5.10 Å². The van der Waals surface area contributed by atoms with Crippen molar-refractivity contribution in [1.82, 2.24) is 29.9 Å². The highest BCUT2D eigenvalue weighted by Crippen LogP contribution is 2.37. The van der Waals surface area contributed by atoms with Crippen molar-refractivity contribution >= 4 is 11.7 Å². The number of pyridine rings is 1. The van der Waals surface area contributed by atoms with Gasteiger partial charge >= 0.3 is 0 Å². The van der Waals surface area contributed by atoms with Crippen LogP contribution in [0, 0.1) is 0 Å². The van der Waals surface area contributed by atoms with Crippen LogP contribution in [0.15, 0.2) is 55.0 Å².